The smallest absolute Gasteiger partial charge is 0.225 e. The summed E-state index contributed by atoms with van der Waals surface area (Å²) in [4.78, 5) is 18.7. The molecule has 0 radical (unpaired) electrons. The van der Waals surface area contributed by atoms with Crippen molar-refractivity contribution in [2.75, 3.05) is 26.7 Å². The quantitative estimate of drug-likeness (QED) is 0.611. The molecule has 0 bridgehead atoms. The molecule has 2 fully saturated rings. The summed E-state index contributed by atoms with van der Waals surface area (Å²) in [6.45, 7) is 1.82. The van der Waals surface area contributed by atoms with E-state index in [-0.39, 0.29) is 29.9 Å². The van der Waals surface area contributed by atoms with Crippen LogP contribution < -0.4 is 10.6 Å². The summed E-state index contributed by atoms with van der Waals surface area (Å²) in [5.41, 5.74) is 0.0784. The summed E-state index contributed by atoms with van der Waals surface area (Å²) in [7, 11) is 1.66. The number of hydrogen-bond donors (Lipinski definition) is 2. The van der Waals surface area contributed by atoms with Crippen LogP contribution in [0.1, 0.15) is 37.7 Å². The van der Waals surface area contributed by atoms with E-state index in [4.69, 9.17) is 0 Å². The van der Waals surface area contributed by atoms with Crippen molar-refractivity contribution in [1.82, 2.24) is 15.5 Å². The number of carbonyl (C=O) groups is 1. The van der Waals surface area contributed by atoms with E-state index in [1.807, 2.05) is 4.90 Å². The van der Waals surface area contributed by atoms with E-state index in [9.17, 15) is 13.6 Å². The first-order valence-electron chi connectivity index (χ1n) is 9.77. The molecule has 5 nitrogen and oxygen atoms in total. The first-order valence-corrected chi connectivity index (χ1v) is 9.77. The molecule has 27 heavy (non-hydrogen) atoms. The summed E-state index contributed by atoms with van der Waals surface area (Å²) in [6.07, 6.45) is 5.46. The molecule has 1 aromatic carbocycles. The highest BCUT2D eigenvalue weighted by atomic mass is 19.1. The van der Waals surface area contributed by atoms with Crippen LogP contribution in [0.3, 0.4) is 0 Å². The van der Waals surface area contributed by atoms with Gasteiger partial charge in [0.05, 0.1) is 0 Å². The molecule has 0 spiro atoms. The number of halogens is 2. The fourth-order valence-corrected chi connectivity index (χ4v) is 3.97. The maximum atomic E-state index is 13.7. The summed E-state index contributed by atoms with van der Waals surface area (Å²) < 4.78 is 27.4. The van der Waals surface area contributed by atoms with Crippen LogP contribution in [-0.2, 0) is 11.2 Å². The number of likely N-dealkylation sites (tertiary alicyclic amines) is 1. The lowest BCUT2D eigenvalue weighted by molar-refractivity contribution is -0.134. The van der Waals surface area contributed by atoms with Gasteiger partial charge in [-0.2, -0.15) is 0 Å². The number of aliphatic imine (C=N–C) groups is 1. The van der Waals surface area contributed by atoms with Gasteiger partial charge in [0, 0.05) is 44.2 Å². The van der Waals surface area contributed by atoms with Crippen molar-refractivity contribution < 1.29 is 13.6 Å². The molecule has 1 saturated heterocycles. The molecule has 2 aliphatic rings. The Balaban J connectivity index is 1.44. The highest BCUT2D eigenvalue weighted by Crippen LogP contribution is 2.27. The summed E-state index contributed by atoms with van der Waals surface area (Å²) in [5.74, 6) is 0.0201. The zero-order valence-electron chi connectivity index (χ0n) is 15.8. The zero-order chi connectivity index (χ0) is 19.2. The van der Waals surface area contributed by atoms with E-state index in [0.29, 0.717) is 19.0 Å². The molecule has 0 aromatic heterocycles. The lowest BCUT2D eigenvalue weighted by Gasteiger charge is -2.21. The predicted octanol–water partition coefficient (Wildman–Crippen LogP) is 2.46. The molecule has 2 N–H and O–H groups in total. The maximum absolute atomic E-state index is 13.7. The largest absolute Gasteiger partial charge is 0.356 e. The van der Waals surface area contributed by atoms with Gasteiger partial charge in [-0.1, -0.05) is 18.9 Å². The maximum Gasteiger partial charge on any atom is 0.225 e. The predicted molar refractivity (Wildman–Crippen MR) is 102 cm³/mol. The van der Waals surface area contributed by atoms with Crippen molar-refractivity contribution in [3.63, 3.8) is 0 Å². The fourth-order valence-electron chi connectivity index (χ4n) is 3.97. The van der Waals surface area contributed by atoms with Crippen LogP contribution in [0.25, 0.3) is 0 Å². The Morgan fingerprint density at radius 2 is 1.93 bits per heavy atom. The third kappa shape index (κ3) is 4.96. The van der Waals surface area contributed by atoms with Gasteiger partial charge in [0.25, 0.3) is 0 Å². The van der Waals surface area contributed by atoms with Crippen LogP contribution in [0.2, 0.25) is 0 Å². The lowest BCUT2D eigenvalue weighted by atomic mass is 10.1. The molecule has 1 saturated carbocycles. The van der Waals surface area contributed by atoms with Gasteiger partial charge in [0.1, 0.15) is 11.6 Å². The third-order valence-electron chi connectivity index (χ3n) is 5.50. The van der Waals surface area contributed by atoms with E-state index >= 15 is 0 Å². The molecule has 1 heterocycles. The molecule has 1 aliphatic heterocycles. The summed E-state index contributed by atoms with van der Waals surface area (Å²) >= 11 is 0. The van der Waals surface area contributed by atoms with Crippen LogP contribution in [-0.4, -0.2) is 49.5 Å². The first kappa shape index (κ1) is 19.6. The van der Waals surface area contributed by atoms with E-state index in [0.717, 1.165) is 38.6 Å². The Kier molecular flexibility index (Phi) is 6.63. The topological polar surface area (TPSA) is 56.7 Å². The van der Waals surface area contributed by atoms with Gasteiger partial charge in [-0.05, 0) is 37.8 Å². The van der Waals surface area contributed by atoms with Crippen molar-refractivity contribution in [3.05, 3.63) is 35.4 Å². The molecule has 1 atom stereocenters. The highest BCUT2D eigenvalue weighted by molar-refractivity contribution is 5.81. The van der Waals surface area contributed by atoms with Gasteiger partial charge >= 0.3 is 0 Å². The minimum absolute atomic E-state index is 0.0784. The Morgan fingerprint density at radius 3 is 2.59 bits per heavy atom. The monoisotopic (exact) mass is 378 g/mol. The number of carbonyl (C=O) groups excluding carboxylic acids is 1. The molecule has 148 valence electrons. The average Bonchev–Trinajstić information content (AvgIpc) is 3.34. The molecule has 7 heteroatoms. The molecule has 3 rings (SSSR count). The summed E-state index contributed by atoms with van der Waals surface area (Å²) in [5, 5.41) is 6.41. The standard InChI is InChI=1S/C20H28F2N4O/c1-23-20(24-11-9-16-17(21)7-4-8-18(16)22)25-15-10-12-26(13-15)19(27)14-5-2-3-6-14/h4,7-8,14-15H,2-3,5-6,9-13H2,1H3,(H2,23,24,25). The molecule has 1 aliphatic carbocycles. The third-order valence-corrected chi connectivity index (χ3v) is 5.50. The van der Waals surface area contributed by atoms with Gasteiger partial charge in [0.15, 0.2) is 5.96 Å². The van der Waals surface area contributed by atoms with Crippen LogP contribution in [0.5, 0.6) is 0 Å². The Hall–Kier alpha value is -2.18. The van der Waals surface area contributed by atoms with Gasteiger partial charge < -0.3 is 15.5 Å². The van der Waals surface area contributed by atoms with Crippen LogP contribution in [0, 0.1) is 17.6 Å². The van der Waals surface area contributed by atoms with Crippen LogP contribution >= 0.6 is 0 Å². The number of nitrogens with zero attached hydrogens (tertiary/aromatic N) is 2. The second-order valence-corrected chi connectivity index (χ2v) is 7.34. The average molecular weight is 378 g/mol. The van der Waals surface area contributed by atoms with Crippen molar-refractivity contribution in [2.24, 2.45) is 10.9 Å². The van der Waals surface area contributed by atoms with E-state index < -0.39 is 11.6 Å². The fraction of sp³-hybridized carbons (Fsp3) is 0.600. The second-order valence-electron chi connectivity index (χ2n) is 7.34. The summed E-state index contributed by atoms with van der Waals surface area (Å²) in [6, 6.07) is 4.03. The minimum Gasteiger partial charge on any atom is -0.356 e. The van der Waals surface area contributed by atoms with E-state index in [1.165, 1.54) is 18.2 Å². The highest BCUT2D eigenvalue weighted by Gasteiger charge is 2.32. The van der Waals surface area contributed by atoms with Crippen molar-refractivity contribution >= 4 is 11.9 Å². The van der Waals surface area contributed by atoms with Crippen molar-refractivity contribution in [2.45, 2.75) is 44.6 Å². The van der Waals surface area contributed by atoms with Crippen molar-refractivity contribution in [3.8, 4) is 0 Å². The Morgan fingerprint density at radius 1 is 1.22 bits per heavy atom. The Labute approximate surface area is 159 Å². The first-order chi connectivity index (χ1) is 13.1. The molecular weight excluding hydrogens is 350 g/mol. The van der Waals surface area contributed by atoms with Gasteiger partial charge in [-0.25, -0.2) is 8.78 Å². The molecule has 1 unspecified atom stereocenters. The molecule has 1 amide bonds. The number of amides is 1. The second kappa shape index (κ2) is 9.15. The number of hydrogen-bond acceptors (Lipinski definition) is 2. The van der Waals surface area contributed by atoms with Crippen LogP contribution in [0.15, 0.2) is 23.2 Å². The van der Waals surface area contributed by atoms with Gasteiger partial charge in [-0.3, -0.25) is 9.79 Å². The van der Waals surface area contributed by atoms with Crippen LogP contribution in [0.4, 0.5) is 8.78 Å². The van der Waals surface area contributed by atoms with Gasteiger partial charge in [0.2, 0.25) is 5.91 Å². The number of nitrogens with one attached hydrogen (secondary N) is 2. The lowest BCUT2D eigenvalue weighted by Crippen LogP contribution is -2.46. The molecular formula is C20H28F2N4O. The number of benzene rings is 1. The SMILES string of the molecule is CN=C(NCCc1c(F)cccc1F)NC1CCN(C(=O)C2CCCC2)C1. The Bertz CT molecular complexity index is 668. The number of guanidine groups is 1. The number of rotatable bonds is 5. The van der Waals surface area contributed by atoms with E-state index in [2.05, 4.69) is 15.6 Å². The zero-order valence-corrected chi connectivity index (χ0v) is 15.8. The van der Waals surface area contributed by atoms with Crippen molar-refractivity contribution in [1.29, 1.82) is 0 Å². The van der Waals surface area contributed by atoms with E-state index in [1.54, 1.807) is 7.05 Å². The normalized spacial score (nSPS) is 20.9. The minimum atomic E-state index is -0.531. The van der Waals surface area contributed by atoms with Gasteiger partial charge in [-0.15, -0.1) is 0 Å². The molecule has 1 aromatic rings.